The number of thioether (sulfide) groups is 1. The van der Waals surface area contributed by atoms with Crippen molar-refractivity contribution in [2.24, 2.45) is 0 Å². The Labute approximate surface area is 74.6 Å². The largest absolute Gasteiger partial charge is 0.298 e. The SMILES string of the molecule is Cc1ncc2c(n1)CC(=O)CS2. The molecule has 0 saturated heterocycles. The van der Waals surface area contributed by atoms with Crippen molar-refractivity contribution in [3.8, 4) is 0 Å². The molecule has 0 atom stereocenters. The van der Waals surface area contributed by atoms with Gasteiger partial charge in [-0.2, -0.15) is 0 Å². The van der Waals surface area contributed by atoms with Crippen LogP contribution in [0.4, 0.5) is 0 Å². The minimum atomic E-state index is 0.255. The van der Waals surface area contributed by atoms with Crippen LogP contribution in [0, 0.1) is 6.92 Å². The number of rotatable bonds is 0. The molecular weight excluding hydrogens is 172 g/mol. The van der Waals surface area contributed by atoms with Crippen LogP contribution in [0.3, 0.4) is 0 Å². The van der Waals surface area contributed by atoms with Crippen LogP contribution in [-0.4, -0.2) is 21.5 Å². The van der Waals surface area contributed by atoms with E-state index in [9.17, 15) is 4.79 Å². The van der Waals surface area contributed by atoms with Gasteiger partial charge in [-0.15, -0.1) is 11.8 Å². The quantitative estimate of drug-likeness (QED) is 0.597. The molecule has 3 nitrogen and oxygen atoms in total. The van der Waals surface area contributed by atoms with E-state index < -0.39 is 0 Å². The zero-order valence-corrected chi connectivity index (χ0v) is 7.52. The number of hydrogen-bond donors (Lipinski definition) is 0. The molecule has 1 aromatic rings. The van der Waals surface area contributed by atoms with E-state index in [0.29, 0.717) is 12.2 Å². The number of fused-ring (bicyclic) bond motifs is 1. The molecule has 0 radical (unpaired) electrons. The van der Waals surface area contributed by atoms with Crippen molar-refractivity contribution in [3.05, 3.63) is 17.7 Å². The molecule has 0 bridgehead atoms. The third kappa shape index (κ3) is 1.34. The molecule has 1 aliphatic heterocycles. The van der Waals surface area contributed by atoms with E-state index >= 15 is 0 Å². The summed E-state index contributed by atoms with van der Waals surface area (Å²) in [6.45, 7) is 1.84. The highest BCUT2D eigenvalue weighted by Crippen LogP contribution is 2.25. The van der Waals surface area contributed by atoms with Gasteiger partial charge in [0.25, 0.3) is 0 Å². The number of ketones is 1. The number of aromatic nitrogens is 2. The number of carbonyl (C=O) groups excluding carboxylic acids is 1. The van der Waals surface area contributed by atoms with Crippen LogP contribution in [0.1, 0.15) is 11.5 Å². The first kappa shape index (κ1) is 7.73. The summed E-state index contributed by atoms with van der Waals surface area (Å²) < 4.78 is 0. The Morgan fingerprint density at radius 1 is 1.58 bits per heavy atom. The van der Waals surface area contributed by atoms with Crippen molar-refractivity contribution in [2.75, 3.05) is 5.75 Å². The van der Waals surface area contributed by atoms with E-state index in [1.807, 2.05) is 6.92 Å². The highest BCUT2D eigenvalue weighted by Gasteiger charge is 2.17. The molecule has 0 fully saturated rings. The number of aryl methyl sites for hydroxylation is 1. The van der Waals surface area contributed by atoms with Gasteiger partial charge in [-0.1, -0.05) is 0 Å². The predicted molar refractivity (Wildman–Crippen MR) is 46.2 cm³/mol. The summed E-state index contributed by atoms with van der Waals surface area (Å²) in [7, 11) is 0. The topological polar surface area (TPSA) is 42.9 Å². The van der Waals surface area contributed by atoms with Crippen LogP contribution in [-0.2, 0) is 11.2 Å². The van der Waals surface area contributed by atoms with E-state index in [2.05, 4.69) is 9.97 Å². The average molecular weight is 180 g/mol. The summed E-state index contributed by atoms with van der Waals surface area (Å²) in [5, 5.41) is 0. The van der Waals surface area contributed by atoms with Crippen molar-refractivity contribution in [3.63, 3.8) is 0 Å². The first-order valence-electron chi connectivity index (χ1n) is 3.73. The fourth-order valence-electron chi connectivity index (χ4n) is 1.15. The summed E-state index contributed by atoms with van der Waals surface area (Å²) in [5.41, 5.74) is 0.892. The second-order valence-corrected chi connectivity index (χ2v) is 3.75. The van der Waals surface area contributed by atoms with Gasteiger partial charge in [0.05, 0.1) is 17.9 Å². The molecule has 0 amide bonds. The first-order chi connectivity index (χ1) is 5.75. The lowest BCUT2D eigenvalue weighted by molar-refractivity contribution is -0.116. The second kappa shape index (κ2) is 2.86. The lowest BCUT2D eigenvalue weighted by atomic mass is 10.2. The van der Waals surface area contributed by atoms with Crippen LogP contribution in [0.15, 0.2) is 11.1 Å². The van der Waals surface area contributed by atoms with Crippen LogP contribution in [0.2, 0.25) is 0 Å². The van der Waals surface area contributed by atoms with Gasteiger partial charge in [0.1, 0.15) is 11.6 Å². The summed E-state index contributed by atoms with van der Waals surface area (Å²) in [5.74, 6) is 1.56. The van der Waals surface area contributed by atoms with Crippen molar-refractivity contribution in [1.82, 2.24) is 9.97 Å². The van der Waals surface area contributed by atoms with Crippen LogP contribution in [0.25, 0.3) is 0 Å². The third-order valence-corrected chi connectivity index (χ3v) is 2.82. The number of hydrogen-bond acceptors (Lipinski definition) is 4. The van der Waals surface area contributed by atoms with Gasteiger partial charge in [-0.05, 0) is 6.92 Å². The zero-order valence-electron chi connectivity index (χ0n) is 6.70. The summed E-state index contributed by atoms with van der Waals surface area (Å²) >= 11 is 1.53. The highest BCUT2D eigenvalue weighted by molar-refractivity contribution is 8.00. The first-order valence-corrected chi connectivity index (χ1v) is 4.71. The Bertz CT molecular complexity index is 338. The molecule has 4 heteroatoms. The maximum atomic E-state index is 11.1. The van der Waals surface area contributed by atoms with E-state index in [1.54, 1.807) is 6.20 Å². The molecule has 1 aromatic heterocycles. The minimum Gasteiger partial charge on any atom is -0.298 e. The fraction of sp³-hybridized carbons (Fsp3) is 0.375. The molecule has 0 aliphatic carbocycles. The Kier molecular flexibility index (Phi) is 1.84. The van der Waals surface area contributed by atoms with Gasteiger partial charge in [-0.3, -0.25) is 4.79 Å². The van der Waals surface area contributed by atoms with Crippen LogP contribution >= 0.6 is 11.8 Å². The second-order valence-electron chi connectivity index (χ2n) is 2.73. The summed E-state index contributed by atoms with van der Waals surface area (Å²) in [6.07, 6.45) is 2.28. The smallest absolute Gasteiger partial charge is 0.149 e. The Morgan fingerprint density at radius 2 is 2.42 bits per heavy atom. The Hall–Kier alpha value is -0.900. The molecule has 0 aromatic carbocycles. The molecular formula is C8H8N2OS. The van der Waals surface area contributed by atoms with Gasteiger partial charge in [0, 0.05) is 11.1 Å². The summed E-state index contributed by atoms with van der Waals surface area (Å²) in [4.78, 5) is 20.4. The maximum absolute atomic E-state index is 11.1. The van der Waals surface area contributed by atoms with Crippen molar-refractivity contribution in [1.29, 1.82) is 0 Å². The van der Waals surface area contributed by atoms with Crippen molar-refractivity contribution < 1.29 is 4.79 Å². The molecule has 2 rings (SSSR count). The number of Topliss-reactive ketones (excluding diaryl/α,β-unsaturated/α-hetero) is 1. The van der Waals surface area contributed by atoms with Gasteiger partial charge in [0.2, 0.25) is 0 Å². The van der Waals surface area contributed by atoms with Crippen LogP contribution < -0.4 is 0 Å². The summed E-state index contributed by atoms with van der Waals surface area (Å²) in [6, 6.07) is 0. The normalized spacial score (nSPS) is 15.9. The van der Waals surface area contributed by atoms with E-state index in [-0.39, 0.29) is 5.78 Å². The Morgan fingerprint density at radius 3 is 3.25 bits per heavy atom. The minimum absolute atomic E-state index is 0.255. The van der Waals surface area contributed by atoms with Crippen molar-refractivity contribution in [2.45, 2.75) is 18.2 Å². The molecule has 0 saturated carbocycles. The zero-order chi connectivity index (χ0) is 8.55. The molecule has 0 spiro atoms. The molecule has 0 N–H and O–H groups in total. The third-order valence-electron chi connectivity index (χ3n) is 1.70. The van der Waals surface area contributed by atoms with E-state index in [0.717, 1.165) is 16.4 Å². The van der Waals surface area contributed by atoms with E-state index in [4.69, 9.17) is 0 Å². The van der Waals surface area contributed by atoms with Crippen molar-refractivity contribution >= 4 is 17.5 Å². The maximum Gasteiger partial charge on any atom is 0.149 e. The number of nitrogens with zero attached hydrogens (tertiary/aromatic N) is 2. The fourth-order valence-corrected chi connectivity index (χ4v) is 1.98. The van der Waals surface area contributed by atoms with Gasteiger partial charge in [0.15, 0.2) is 0 Å². The number of carbonyl (C=O) groups is 1. The molecule has 12 heavy (non-hydrogen) atoms. The molecule has 1 aliphatic rings. The monoisotopic (exact) mass is 180 g/mol. The predicted octanol–water partition coefficient (Wildman–Crippen LogP) is 1.00. The lowest BCUT2D eigenvalue weighted by Crippen LogP contribution is -2.14. The lowest BCUT2D eigenvalue weighted by Gasteiger charge is -2.12. The molecule has 62 valence electrons. The standard InChI is InChI=1S/C8H8N2OS/c1-5-9-3-8-7(10-5)2-6(11)4-12-8/h3H,2,4H2,1H3. The molecule has 2 heterocycles. The van der Waals surface area contributed by atoms with Gasteiger partial charge >= 0.3 is 0 Å². The van der Waals surface area contributed by atoms with Crippen LogP contribution in [0.5, 0.6) is 0 Å². The highest BCUT2D eigenvalue weighted by atomic mass is 32.2. The average Bonchev–Trinajstić information content (AvgIpc) is 2.03. The molecule has 0 unspecified atom stereocenters. The van der Waals surface area contributed by atoms with Gasteiger partial charge < -0.3 is 0 Å². The van der Waals surface area contributed by atoms with Gasteiger partial charge in [-0.25, -0.2) is 9.97 Å². The Balaban J connectivity index is 2.44. The van der Waals surface area contributed by atoms with E-state index in [1.165, 1.54) is 11.8 Å².